The highest BCUT2D eigenvalue weighted by molar-refractivity contribution is 5.89. The molecule has 44 heavy (non-hydrogen) atoms. The molecular formula is C33H46N2O9. The predicted octanol–water partition coefficient (Wildman–Crippen LogP) is 3.59. The number of hydrogen-bond acceptors (Lipinski definition) is 11. The van der Waals surface area contributed by atoms with Crippen LogP contribution in [0.1, 0.15) is 81.5 Å². The minimum absolute atomic E-state index is 0.201. The van der Waals surface area contributed by atoms with Crippen LogP contribution in [0.25, 0.3) is 0 Å². The second-order valence-electron chi connectivity index (χ2n) is 12.3. The molecule has 5 unspecified atom stereocenters. The molecule has 2 heterocycles. The van der Waals surface area contributed by atoms with Crippen LogP contribution in [0.3, 0.4) is 0 Å². The van der Waals surface area contributed by atoms with Crippen LogP contribution in [0.4, 0.5) is 0 Å². The molecular weight excluding hydrogens is 568 g/mol. The number of rotatable bonds is 10. The lowest BCUT2D eigenvalue weighted by Crippen LogP contribution is -2.57. The third-order valence-electron chi connectivity index (χ3n) is 9.20. The van der Waals surface area contributed by atoms with E-state index in [0.717, 1.165) is 64.2 Å². The summed E-state index contributed by atoms with van der Waals surface area (Å²) in [5.41, 5.74) is 0.385. The molecule has 242 valence electrons. The van der Waals surface area contributed by atoms with Crippen molar-refractivity contribution in [1.82, 2.24) is 10.2 Å². The number of ether oxygens (including phenoxy) is 5. The molecule has 0 spiro atoms. The fourth-order valence-electron chi connectivity index (χ4n) is 6.76. The van der Waals surface area contributed by atoms with Gasteiger partial charge in [-0.15, -0.1) is 0 Å². The van der Waals surface area contributed by atoms with Gasteiger partial charge < -0.3 is 29.0 Å². The van der Waals surface area contributed by atoms with Gasteiger partial charge in [0.25, 0.3) is 0 Å². The van der Waals surface area contributed by atoms with Gasteiger partial charge in [-0.2, -0.15) is 0 Å². The van der Waals surface area contributed by atoms with E-state index in [2.05, 4.69) is 5.32 Å². The predicted molar refractivity (Wildman–Crippen MR) is 158 cm³/mol. The van der Waals surface area contributed by atoms with Crippen molar-refractivity contribution in [2.24, 2.45) is 17.8 Å². The van der Waals surface area contributed by atoms with Crippen LogP contribution in [0.2, 0.25) is 0 Å². The third-order valence-corrected chi connectivity index (χ3v) is 9.20. The number of esters is 4. The topological polar surface area (TPSA) is 130 Å². The Labute approximate surface area is 259 Å². The van der Waals surface area contributed by atoms with Crippen molar-refractivity contribution in [2.75, 3.05) is 33.0 Å². The lowest BCUT2D eigenvalue weighted by Gasteiger charge is -2.38. The maximum Gasteiger partial charge on any atom is 0.338 e. The molecule has 1 N–H and O–H groups in total. The molecule has 5 rings (SSSR count). The lowest BCUT2D eigenvalue weighted by molar-refractivity contribution is -0.179. The molecule has 2 aliphatic carbocycles. The molecule has 1 aromatic carbocycles. The summed E-state index contributed by atoms with van der Waals surface area (Å²) in [7, 11) is 0. The van der Waals surface area contributed by atoms with Gasteiger partial charge in [-0.3, -0.25) is 19.3 Å². The summed E-state index contributed by atoms with van der Waals surface area (Å²) in [6.45, 7) is 2.93. The minimum Gasteiger partial charge on any atom is -0.466 e. The first-order valence-corrected chi connectivity index (χ1v) is 16.3. The molecule has 4 fully saturated rings. The van der Waals surface area contributed by atoms with E-state index in [1.807, 2.05) is 11.0 Å². The Bertz CT molecular complexity index is 1120. The van der Waals surface area contributed by atoms with Gasteiger partial charge in [-0.1, -0.05) is 56.7 Å². The van der Waals surface area contributed by atoms with E-state index in [1.54, 1.807) is 31.2 Å². The van der Waals surface area contributed by atoms with Crippen molar-refractivity contribution >= 4 is 23.9 Å². The van der Waals surface area contributed by atoms with E-state index in [4.69, 9.17) is 23.7 Å². The van der Waals surface area contributed by atoms with Gasteiger partial charge in [0.15, 0.2) is 18.4 Å². The van der Waals surface area contributed by atoms with E-state index < -0.39 is 36.4 Å². The molecule has 2 aliphatic heterocycles. The summed E-state index contributed by atoms with van der Waals surface area (Å²) in [5.74, 6) is -2.48. The van der Waals surface area contributed by atoms with Gasteiger partial charge in [0.05, 0.1) is 36.6 Å². The first kappa shape index (κ1) is 32.4. The Morgan fingerprint density at radius 2 is 1.41 bits per heavy atom. The molecule has 0 amide bonds. The average Bonchev–Trinajstić information content (AvgIpc) is 3.41. The van der Waals surface area contributed by atoms with Crippen molar-refractivity contribution in [1.29, 1.82) is 0 Å². The smallest absolute Gasteiger partial charge is 0.338 e. The van der Waals surface area contributed by atoms with Crippen LogP contribution in [0.5, 0.6) is 0 Å². The third kappa shape index (κ3) is 8.17. The molecule has 0 aromatic heterocycles. The Hall–Kier alpha value is -3.02. The van der Waals surface area contributed by atoms with Crippen LogP contribution in [0, 0.1) is 17.8 Å². The SMILES string of the molecule is CCOC(=O)C1CNCN(C2OC(COC(=O)c3ccccc3)C(OC(=O)C3CCCCC3)C2OC(=O)C2CCCCC2)C1. The van der Waals surface area contributed by atoms with Gasteiger partial charge in [0.2, 0.25) is 0 Å². The van der Waals surface area contributed by atoms with Crippen molar-refractivity contribution in [3.63, 3.8) is 0 Å². The van der Waals surface area contributed by atoms with Crippen molar-refractivity contribution < 1.29 is 42.9 Å². The second-order valence-corrected chi connectivity index (χ2v) is 12.3. The lowest BCUT2D eigenvalue weighted by atomic mass is 9.89. The maximum atomic E-state index is 13.5. The van der Waals surface area contributed by atoms with Gasteiger partial charge >= 0.3 is 23.9 Å². The zero-order valence-corrected chi connectivity index (χ0v) is 25.7. The Balaban J connectivity index is 1.39. The number of hydrogen-bond donors (Lipinski definition) is 1. The van der Waals surface area contributed by atoms with Crippen molar-refractivity contribution in [3.8, 4) is 0 Å². The van der Waals surface area contributed by atoms with Gasteiger partial charge in [-0.05, 0) is 44.7 Å². The number of nitrogens with one attached hydrogen (secondary N) is 1. The molecule has 1 aromatic rings. The summed E-state index contributed by atoms with van der Waals surface area (Å²) in [5, 5.41) is 3.24. The Morgan fingerprint density at radius 1 is 0.795 bits per heavy atom. The molecule has 5 atom stereocenters. The summed E-state index contributed by atoms with van der Waals surface area (Å²) in [4.78, 5) is 54.4. The first-order chi connectivity index (χ1) is 21.4. The maximum absolute atomic E-state index is 13.5. The molecule has 0 bridgehead atoms. The van der Waals surface area contributed by atoms with Crippen LogP contribution in [-0.2, 0) is 38.1 Å². The van der Waals surface area contributed by atoms with Crippen LogP contribution < -0.4 is 5.32 Å². The number of carbonyl (C=O) groups is 4. The van der Waals surface area contributed by atoms with Gasteiger partial charge in [0.1, 0.15) is 12.7 Å². The number of carbonyl (C=O) groups excluding carboxylic acids is 4. The van der Waals surface area contributed by atoms with E-state index in [1.165, 1.54) is 0 Å². The highest BCUT2D eigenvalue weighted by Gasteiger charge is 2.54. The summed E-state index contributed by atoms with van der Waals surface area (Å²) in [6.07, 6.45) is 5.30. The summed E-state index contributed by atoms with van der Waals surface area (Å²) in [6, 6.07) is 8.62. The van der Waals surface area contributed by atoms with Gasteiger partial charge in [-0.25, -0.2) is 4.79 Å². The highest BCUT2D eigenvalue weighted by Crippen LogP contribution is 2.35. The molecule has 11 heteroatoms. The van der Waals surface area contributed by atoms with Crippen LogP contribution in [-0.4, -0.2) is 86.3 Å². The zero-order chi connectivity index (χ0) is 30.9. The fourth-order valence-corrected chi connectivity index (χ4v) is 6.76. The Morgan fingerprint density at radius 3 is 2.02 bits per heavy atom. The number of benzene rings is 1. The largest absolute Gasteiger partial charge is 0.466 e. The molecule has 11 nitrogen and oxygen atoms in total. The monoisotopic (exact) mass is 614 g/mol. The quantitative estimate of drug-likeness (QED) is 0.307. The van der Waals surface area contributed by atoms with Crippen LogP contribution in [0.15, 0.2) is 30.3 Å². The van der Waals surface area contributed by atoms with Crippen molar-refractivity contribution in [3.05, 3.63) is 35.9 Å². The average molecular weight is 615 g/mol. The van der Waals surface area contributed by atoms with E-state index >= 15 is 0 Å². The standard InChI is InChI=1S/C33H46N2O9/c1-2-40-31(37)25-18-34-21-35(19-25)29-28(44-33(39)24-16-10-5-11-17-24)27(43-32(38)23-14-8-4-9-15-23)26(42-29)20-41-30(36)22-12-6-3-7-13-22/h3,6-7,12-13,23-29,34H,2,4-5,8-11,14-21H2,1H3. The molecule has 0 radical (unpaired) electrons. The molecule has 2 saturated heterocycles. The van der Waals surface area contributed by atoms with E-state index in [9.17, 15) is 19.2 Å². The summed E-state index contributed by atoms with van der Waals surface area (Å²) < 4.78 is 29.8. The summed E-state index contributed by atoms with van der Waals surface area (Å²) >= 11 is 0. The molecule has 2 saturated carbocycles. The van der Waals surface area contributed by atoms with Crippen molar-refractivity contribution in [2.45, 2.75) is 95.7 Å². The van der Waals surface area contributed by atoms with Gasteiger partial charge in [0, 0.05) is 13.1 Å². The van der Waals surface area contributed by atoms with E-state index in [-0.39, 0.29) is 43.0 Å². The minimum atomic E-state index is -0.992. The Kier molecular flexibility index (Phi) is 11.6. The second kappa shape index (κ2) is 15.8. The number of nitrogens with zero attached hydrogens (tertiary/aromatic N) is 1. The van der Waals surface area contributed by atoms with Crippen LogP contribution >= 0.6 is 0 Å². The zero-order valence-electron chi connectivity index (χ0n) is 25.7. The highest BCUT2D eigenvalue weighted by atomic mass is 16.7. The van der Waals surface area contributed by atoms with E-state index in [0.29, 0.717) is 25.3 Å². The molecule has 4 aliphatic rings. The first-order valence-electron chi connectivity index (χ1n) is 16.3. The normalized spacial score (nSPS) is 28.6. The fraction of sp³-hybridized carbons (Fsp3) is 0.697.